The summed E-state index contributed by atoms with van der Waals surface area (Å²) in [7, 11) is 0. The maximum atomic E-state index is 12.1. The summed E-state index contributed by atoms with van der Waals surface area (Å²) >= 11 is 3.39. The number of ketones is 1. The molecule has 3 heteroatoms. The Morgan fingerprint density at radius 3 is 2.89 bits per heavy atom. The van der Waals surface area contributed by atoms with Gasteiger partial charge in [-0.25, -0.2) is 0 Å². The normalized spacial score (nSPS) is 29.7. The van der Waals surface area contributed by atoms with Gasteiger partial charge in [-0.2, -0.15) is 0 Å². The molecule has 2 bridgehead atoms. The van der Waals surface area contributed by atoms with E-state index in [0.717, 1.165) is 28.3 Å². The highest BCUT2D eigenvalue weighted by atomic mass is 79.9. The summed E-state index contributed by atoms with van der Waals surface area (Å²) in [6.07, 6.45) is 10.3. The van der Waals surface area contributed by atoms with Crippen molar-refractivity contribution in [1.29, 1.82) is 0 Å². The Balaban J connectivity index is 1.56. The summed E-state index contributed by atoms with van der Waals surface area (Å²) in [5.41, 5.74) is 1.03. The first-order valence-electron chi connectivity index (χ1n) is 6.82. The highest BCUT2D eigenvalue weighted by Gasteiger charge is 2.39. The van der Waals surface area contributed by atoms with Gasteiger partial charge in [0, 0.05) is 29.7 Å². The highest BCUT2D eigenvalue weighted by Crippen LogP contribution is 2.49. The molecule has 2 aliphatic rings. The molecule has 0 radical (unpaired) electrons. The molecule has 3 rings (SSSR count). The van der Waals surface area contributed by atoms with E-state index in [-0.39, 0.29) is 0 Å². The fourth-order valence-electron chi connectivity index (χ4n) is 3.77. The third kappa shape index (κ3) is 2.66. The van der Waals surface area contributed by atoms with Gasteiger partial charge in [-0.1, -0.05) is 6.42 Å². The topological polar surface area (TPSA) is 30.0 Å². The molecule has 3 atom stereocenters. The molecule has 0 saturated heterocycles. The van der Waals surface area contributed by atoms with Gasteiger partial charge in [0.25, 0.3) is 0 Å². The number of nitrogens with zero attached hydrogens (tertiary/aromatic N) is 1. The van der Waals surface area contributed by atoms with Crippen molar-refractivity contribution in [3.05, 3.63) is 28.5 Å². The number of fused-ring (bicyclic) bond motifs is 2. The van der Waals surface area contributed by atoms with Crippen LogP contribution in [0.2, 0.25) is 0 Å². The quantitative estimate of drug-likeness (QED) is 0.847. The second-order valence-corrected chi connectivity index (χ2v) is 6.78. The third-order valence-electron chi connectivity index (χ3n) is 4.54. The van der Waals surface area contributed by atoms with Crippen molar-refractivity contribution in [2.75, 3.05) is 0 Å². The van der Waals surface area contributed by atoms with Crippen molar-refractivity contribution in [3.63, 3.8) is 0 Å². The van der Waals surface area contributed by atoms with E-state index in [1.165, 1.54) is 25.7 Å². The lowest BCUT2D eigenvalue weighted by molar-refractivity contribution is -0.119. The smallest absolute Gasteiger partial charge is 0.137 e. The monoisotopic (exact) mass is 307 g/mol. The lowest BCUT2D eigenvalue weighted by Gasteiger charge is -2.20. The van der Waals surface area contributed by atoms with Crippen molar-refractivity contribution >= 4 is 21.7 Å². The molecular weight excluding hydrogens is 290 g/mol. The number of carbonyl (C=O) groups is 1. The second kappa shape index (κ2) is 5.12. The number of aromatic nitrogens is 1. The first kappa shape index (κ1) is 12.3. The molecule has 3 unspecified atom stereocenters. The molecule has 2 aliphatic carbocycles. The SMILES string of the molecule is O=C(Cc1cncc(Br)c1)CC1CC2CCC1C2. The molecule has 0 amide bonds. The molecule has 0 N–H and O–H groups in total. The average molecular weight is 308 g/mol. The Hall–Kier alpha value is -0.700. The first-order chi connectivity index (χ1) is 8.70. The zero-order valence-electron chi connectivity index (χ0n) is 10.4. The number of halogens is 1. The fraction of sp³-hybridized carbons (Fsp3) is 0.600. The van der Waals surface area contributed by atoms with Crippen LogP contribution in [-0.2, 0) is 11.2 Å². The molecule has 0 aromatic carbocycles. The zero-order chi connectivity index (χ0) is 12.5. The van der Waals surface area contributed by atoms with E-state index < -0.39 is 0 Å². The first-order valence-corrected chi connectivity index (χ1v) is 7.61. The maximum absolute atomic E-state index is 12.1. The van der Waals surface area contributed by atoms with Crippen LogP contribution in [0.5, 0.6) is 0 Å². The van der Waals surface area contributed by atoms with Crippen LogP contribution in [0.4, 0.5) is 0 Å². The fourth-order valence-corrected chi connectivity index (χ4v) is 4.18. The van der Waals surface area contributed by atoms with Crippen LogP contribution >= 0.6 is 15.9 Å². The van der Waals surface area contributed by atoms with Crippen LogP contribution in [0, 0.1) is 17.8 Å². The van der Waals surface area contributed by atoms with Crippen LogP contribution in [0.15, 0.2) is 22.9 Å². The molecule has 2 nitrogen and oxygen atoms in total. The number of carbonyl (C=O) groups excluding carboxylic acids is 1. The number of pyridine rings is 1. The molecule has 2 saturated carbocycles. The molecule has 96 valence electrons. The third-order valence-corrected chi connectivity index (χ3v) is 4.97. The predicted octanol–water partition coefficient (Wildman–Crippen LogP) is 3.78. The van der Waals surface area contributed by atoms with Crippen molar-refractivity contribution in [1.82, 2.24) is 4.98 Å². The minimum absolute atomic E-state index is 0.382. The Morgan fingerprint density at radius 1 is 1.33 bits per heavy atom. The van der Waals surface area contributed by atoms with Gasteiger partial charge in [-0.3, -0.25) is 9.78 Å². The van der Waals surface area contributed by atoms with E-state index in [4.69, 9.17) is 0 Å². The maximum Gasteiger partial charge on any atom is 0.137 e. The van der Waals surface area contributed by atoms with Gasteiger partial charge in [0.1, 0.15) is 5.78 Å². The number of hydrogen-bond donors (Lipinski definition) is 0. The number of hydrogen-bond acceptors (Lipinski definition) is 2. The largest absolute Gasteiger partial charge is 0.299 e. The van der Waals surface area contributed by atoms with Crippen LogP contribution in [0.1, 0.15) is 37.7 Å². The van der Waals surface area contributed by atoms with E-state index in [1.807, 2.05) is 6.07 Å². The Labute approximate surface area is 116 Å². The van der Waals surface area contributed by atoms with Crippen LogP contribution < -0.4 is 0 Å². The van der Waals surface area contributed by atoms with E-state index in [2.05, 4.69) is 20.9 Å². The second-order valence-electron chi connectivity index (χ2n) is 5.87. The minimum Gasteiger partial charge on any atom is -0.299 e. The summed E-state index contributed by atoms with van der Waals surface area (Å²) in [5.74, 6) is 2.84. The van der Waals surface area contributed by atoms with Crippen LogP contribution in [0.25, 0.3) is 0 Å². The molecule has 1 heterocycles. The molecule has 18 heavy (non-hydrogen) atoms. The van der Waals surface area contributed by atoms with E-state index in [0.29, 0.717) is 18.1 Å². The lowest BCUT2D eigenvalue weighted by atomic mass is 9.84. The Morgan fingerprint density at radius 2 is 2.22 bits per heavy atom. The van der Waals surface area contributed by atoms with Gasteiger partial charge in [-0.05, 0) is 64.6 Å². The molecule has 1 aromatic rings. The molecule has 0 aliphatic heterocycles. The van der Waals surface area contributed by atoms with E-state index in [9.17, 15) is 4.79 Å². The average Bonchev–Trinajstić information content (AvgIpc) is 2.90. The van der Waals surface area contributed by atoms with E-state index >= 15 is 0 Å². The number of rotatable bonds is 4. The molecule has 1 aromatic heterocycles. The summed E-state index contributed by atoms with van der Waals surface area (Å²) in [6, 6.07) is 1.99. The van der Waals surface area contributed by atoms with Crippen molar-refractivity contribution in [2.45, 2.75) is 38.5 Å². The Kier molecular flexibility index (Phi) is 3.51. The summed E-state index contributed by atoms with van der Waals surface area (Å²) in [6.45, 7) is 0. The predicted molar refractivity (Wildman–Crippen MR) is 74.2 cm³/mol. The number of Topliss-reactive ketones (excluding diaryl/α,β-unsaturated/α-hetero) is 1. The van der Waals surface area contributed by atoms with Crippen molar-refractivity contribution < 1.29 is 4.79 Å². The molecular formula is C15H18BrNO. The van der Waals surface area contributed by atoms with Crippen LogP contribution in [-0.4, -0.2) is 10.8 Å². The van der Waals surface area contributed by atoms with E-state index in [1.54, 1.807) is 12.4 Å². The van der Waals surface area contributed by atoms with Gasteiger partial charge in [0.05, 0.1) is 0 Å². The summed E-state index contributed by atoms with van der Waals surface area (Å²) < 4.78 is 0.952. The van der Waals surface area contributed by atoms with Gasteiger partial charge in [0.15, 0.2) is 0 Å². The van der Waals surface area contributed by atoms with Crippen molar-refractivity contribution in [2.24, 2.45) is 17.8 Å². The van der Waals surface area contributed by atoms with Gasteiger partial charge >= 0.3 is 0 Å². The minimum atomic E-state index is 0.382. The Bertz CT molecular complexity index is 460. The van der Waals surface area contributed by atoms with Crippen LogP contribution in [0.3, 0.4) is 0 Å². The summed E-state index contributed by atoms with van der Waals surface area (Å²) in [5, 5.41) is 0. The molecule has 0 spiro atoms. The zero-order valence-corrected chi connectivity index (χ0v) is 12.0. The van der Waals surface area contributed by atoms with Gasteiger partial charge in [0.2, 0.25) is 0 Å². The van der Waals surface area contributed by atoms with Gasteiger partial charge < -0.3 is 0 Å². The summed E-state index contributed by atoms with van der Waals surface area (Å²) in [4.78, 5) is 16.2. The highest BCUT2D eigenvalue weighted by molar-refractivity contribution is 9.10. The van der Waals surface area contributed by atoms with Gasteiger partial charge in [-0.15, -0.1) is 0 Å². The van der Waals surface area contributed by atoms with Crippen molar-refractivity contribution in [3.8, 4) is 0 Å². The lowest BCUT2D eigenvalue weighted by Crippen LogP contribution is -2.16. The standard InChI is InChI=1S/C15H18BrNO/c16-14-5-11(8-17-9-14)6-15(18)7-13-4-10-1-2-12(13)3-10/h5,8-10,12-13H,1-4,6-7H2. The molecule has 2 fully saturated rings.